The van der Waals surface area contributed by atoms with Crippen molar-refractivity contribution < 1.29 is 28.8 Å². The topological polar surface area (TPSA) is 255 Å². The number of hydrogen-bond donors (Lipinski definition) is 8. The van der Waals surface area contributed by atoms with Crippen LogP contribution >= 0.6 is 0 Å². The van der Waals surface area contributed by atoms with E-state index in [1.807, 2.05) is 50.8 Å². The van der Waals surface area contributed by atoms with Crippen molar-refractivity contribution in [2.75, 3.05) is 43.4 Å². The molecular formula is C43H51N11O7. The molecule has 3 aliphatic heterocycles. The molecule has 6 rings (SSSR count). The Morgan fingerprint density at radius 3 is 2.39 bits per heavy atom. The number of nitrogens with zero attached hydrogens (tertiary/aromatic N) is 3. The Labute approximate surface area is 352 Å². The third-order valence-electron chi connectivity index (χ3n) is 10.7. The molecule has 2 saturated heterocycles. The fraction of sp³-hybridized carbons (Fsp3) is 0.349. The number of amides is 6. The first kappa shape index (κ1) is 43.5. The number of imide groups is 2. The van der Waals surface area contributed by atoms with Gasteiger partial charge < -0.3 is 37.0 Å². The van der Waals surface area contributed by atoms with Gasteiger partial charge in [0.15, 0.2) is 0 Å². The number of hydrogen-bond acceptors (Lipinski definition) is 13. The fourth-order valence-electron chi connectivity index (χ4n) is 7.56. The van der Waals surface area contributed by atoms with Gasteiger partial charge in [-0.25, -0.2) is 5.01 Å². The first-order chi connectivity index (χ1) is 29.1. The minimum Gasteiger partial charge on any atom is -0.385 e. The van der Waals surface area contributed by atoms with Crippen LogP contribution in [0.5, 0.6) is 0 Å². The van der Waals surface area contributed by atoms with E-state index in [9.17, 15) is 33.6 Å². The molecule has 18 nitrogen and oxygen atoms in total. The summed E-state index contributed by atoms with van der Waals surface area (Å²) in [5, 5.41) is 21.3. The van der Waals surface area contributed by atoms with Crippen LogP contribution in [0.1, 0.15) is 92.6 Å². The summed E-state index contributed by atoms with van der Waals surface area (Å²) in [5.41, 5.74) is 14.4. The van der Waals surface area contributed by atoms with E-state index in [1.54, 1.807) is 36.2 Å². The molecule has 320 valence electrons. The van der Waals surface area contributed by atoms with Gasteiger partial charge in [-0.2, -0.15) is 0 Å². The molecule has 18 heteroatoms. The Morgan fingerprint density at radius 1 is 0.984 bits per heavy atom. The maximum atomic E-state index is 13.6. The smallest absolute Gasteiger partial charge is 0.264 e. The molecule has 2 fully saturated rings. The molecule has 4 heterocycles. The first-order valence-electron chi connectivity index (χ1n) is 20.0. The normalized spacial score (nSPS) is 17.3. The highest BCUT2D eigenvalue weighted by atomic mass is 16.2. The molecule has 61 heavy (non-hydrogen) atoms. The number of carbonyl (C=O) groups is 6. The van der Waals surface area contributed by atoms with Gasteiger partial charge in [0, 0.05) is 79.6 Å². The minimum absolute atomic E-state index is 0.00861. The van der Waals surface area contributed by atoms with Crippen molar-refractivity contribution in [2.45, 2.75) is 66.1 Å². The molecule has 1 atom stereocenters. The Kier molecular flexibility index (Phi) is 13.2. The number of anilines is 2. The zero-order chi connectivity index (χ0) is 44.1. The van der Waals surface area contributed by atoms with E-state index in [2.05, 4.69) is 31.7 Å². The number of rotatable bonds is 14. The zero-order valence-electron chi connectivity index (χ0n) is 34.8. The summed E-state index contributed by atoms with van der Waals surface area (Å²) in [5.74, 6) is -2.77. The number of aromatic amines is 1. The molecule has 0 spiro atoms. The Balaban J connectivity index is 1.06. The van der Waals surface area contributed by atoms with Gasteiger partial charge in [0.05, 0.1) is 29.1 Å². The molecular weight excluding hydrogens is 783 g/mol. The molecule has 1 aromatic heterocycles. The highest BCUT2D eigenvalue weighted by Crippen LogP contribution is 2.32. The van der Waals surface area contributed by atoms with Crippen molar-refractivity contribution in [1.82, 2.24) is 35.9 Å². The lowest BCUT2D eigenvalue weighted by atomic mass is 9.96. The van der Waals surface area contributed by atoms with Gasteiger partial charge in [-0.15, -0.1) is 0 Å². The SMILES string of the molecule is C/C(=C\C=C(/N)N1CCN(NC(=O)CNc2cccc3c2C(=O)N(C2CCC(=O)NC2=O)C3=O)CC1)c1cc(NC(C)C)c(C=N)c(C(=O)NCc2c(C)cc(C)[nH]c2=O)c1. The van der Waals surface area contributed by atoms with E-state index >= 15 is 0 Å². The van der Waals surface area contributed by atoms with Crippen molar-refractivity contribution in [3.63, 3.8) is 0 Å². The lowest BCUT2D eigenvalue weighted by Crippen LogP contribution is -2.54. The Hall–Kier alpha value is -7.08. The van der Waals surface area contributed by atoms with Gasteiger partial charge in [0.1, 0.15) is 6.04 Å². The quantitative estimate of drug-likeness (QED) is 0.0661. The molecule has 3 aromatic rings. The summed E-state index contributed by atoms with van der Waals surface area (Å²) < 4.78 is 0. The van der Waals surface area contributed by atoms with Crippen molar-refractivity contribution in [2.24, 2.45) is 5.73 Å². The van der Waals surface area contributed by atoms with Gasteiger partial charge in [0.2, 0.25) is 11.8 Å². The summed E-state index contributed by atoms with van der Waals surface area (Å²) in [6, 6.07) is 9.01. The molecule has 0 bridgehead atoms. The number of piperazine rings is 1. The van der Waals surface area contributed by atoms with E-state index in [4.69, 9.17) is 11.1 Å². The predicted octanol–water partition coefficient (Wildman–Crippen LogP) is 2.11. The number of fused-ring (bicyclic) bond motifs is 1. The summed E-state index contributed by atoms with van der Waals surface area (Å²) in [4.78, 5) is 95.5. The van der Waals surface area contributed by atoms with Crippen LogP contribution in [-0.4, -0.2) is 106 Å². The maximum absolute atomic E-state index is 13.6. The van der Waals surface area contributed by atoms with Crippen LogP contribution in [0.15, 0.2) is 59.2 Å². The average molecular weight is 834 g/mol. The summed E-state index contributed by atoms with van der Waals surface area (Å²) in [6.45, 7) is 11.2. The maximum Gasteiger partial charge on any atom is 0.264 e. The highest BCUT2D eigenvalue weighted by molar-refractivity contribution is 6.25. The number of nitrogens with two attached hydrogens (primary N) is 1. The molecule has 2 aromatic carbocycles. The number of allylic oxidation sites excluding steroid dienone is 3. The second kappa shape index (κ2) is 18.5. The Bertz CT molecular complexity index is 2430. The van der Waals surface area contributed by atoms with Crippen LogP contribution < -0.4 is 38.0 Å². The standard InChI is InChI=1S/C43H51N11O7/c1-23(2)48-33-19-27(18-29(30(33)20-44)39(57)47-21-31-25(4)17-26(5)49-40(31)58)24(3)9-11-35(45)52-13-15-53(16-14-52)51-37(56)22-46-32-8-6-7-28-38(32)43(61)54(42(28)60)34-10-12-36(55)50-41(34)59/h6-9,11,17-20,23,34,44,46,48H,10,12-16,21-22,45H2,1-5H3,(H,47,57)(H,49,58)(H,51,56)(H,50,55,59)/b24-9+,35-11+,44-20?. The summed E-state index contributed by atoms with van der Waals surface area (Å²) >= 11 is 0. The van der Waals surface area contributed by atoms with Crippen molar-refractivity contribution in [3.05, 3.63) is 109 Å². The number of H-pyrrole nitrogens is 1. The van der Waals surface area contributed by atoms with E-state index in [0.717, 1.165) is 33.5 Å². The van der Waals surface area contributed by atoms with Crippen LogP contribution in [0.3, 0.4) is 0 Å². The van der Waals surface area contributed by atoms with Crippen LogP contribution in [0, 0.1) is 19.3 Å². The zero-order valence-corrected chi connectivity index (χ0v) is 34.8. The molecule has 1 unspecified atom stereocenters. The van der Waals surface area contributed by atoms with Gasteiger partial charge >= 0.3 is 0 Å². The fourth-order valence-corrected chi connectivity index (χ4v) is 7.56. The van der Waals surface area contributed by atoms with Crippen LogP contribution in [0.2, 0.25) is 0 Å². The van der Waals surface area contributed by atoms with Crippen LogP contribution in [-0.2, 0) is 20.9 Å². The van der Waals surface area contributed by atoms with Crippen molar-refractivity contribution in [1.29, 1.82) is 5.41 Å². The number of benzene rings is 2. The van der Waals surface area contributed by atoms with E-state index in [1.165, 1.54) is 6.07 Å². The highest BCUT2D eigenvalue weighted by Gasteiger charge is 2.45. The molecule has 0 saturated carbocycles. The number of hydrazine groups is 1. The van der Waals surface area contributed by atoms with Crippen LogP contribution in [0.25, 0.3) is 5.57 Å². The monoisotopic (exact) mass is 833 g/mol. The molecule has 6 amide bonds. The van der Waals surface area contributed by atoms with Gasteiger partial charge in [-0.3, -0.25) is 49.2 Å². The second-order valence-electron chi connectivity index (χ2n) is 15.5. The van der Waals surface area contributed by atoms with Gasteiger partial charge in [-0.05, 0) is 94.1 Å². The van der Waals surface area contributed by atoms with Crippen molar-refractivity contribution >= 4 is 58.6 Å². The largest absolute Gasteiger partial charge is 0.385 e. The first-order valence-corrected chi connectivity index (χ1v) is 20.0. The molecule has 0 radical (unpaired) electrons. The second-order valence-corrected chi connectivity index (χ2v) is 15.5. The van der Waals surface area contributed by atoms with Gasteiger partial charge in [-0.1, -0.05) is 12.1 Å². The van der Waals surface area contributed by atoms with Crippen LogP contribution in [0.4, 0.5) is 11.4 Å². The lowest BCUT2D eigenvalue weighted by molar-refractivity contribution is -0.136. The number of nitrogens with one attached hydrogen (secondary N) is 7. The predicted molar refractivity (Wildman–Crippen MR) is 230 cm³/mol. The summed E-state index contributed by atoms with van der Waals surface area (Å²) in [7, 11) is 0. The van der Waals surface area contributed by atoms with E-state index in [0.29, 0.717) is 48.8 Å². The van der Waals surface area contributed by atoms with Gasteiger partial charge in [0.25, 0.3) is 29.2 Å². The van der Waals surface area contributed by atoms with E-state index < -0.39 is 35.6 Å². The number of carbonyl (C=O) groups excluding carboxylic acids is 6. The number of aromatic nitrogens is 1. The molecule has 3 aliphatic rings. The van der Waals surface area contributed by atoms with E-state index in [-0.39, 0.29) is 65.8 Å². The minimum atomic E-state index is -1.10. The Morgan fingerprint density at radius 2 is 1.72 bits per heavy atom. The number of piperidine rings is 1. The van der Waals surface area contributed by atoms with Crippen molar-refractivity contribution in [3.8, 4) is 0 Å². The number of aryl methyl sites for hydroxylation is 2. The summed E-state index contributed by atoms with van der Waals surface area (Å²) in [6.07, 6.45) is 4.82. The third kappa shape index (κ3) is 9.70. The molecule has 9 N–H and O–H groups in total. The third-order valence-corrected chi connectivity index (χ3v) is 10.7. The number of pyridine rings is 1. The average Bonchev–Trinajstić information content (AvgIpc) is 3.47. The molecule has 0 aliphatic carbocycles. The lowest BCUT2D eigenvalue weighted by Gasteiger charge is -2.36.